The van der Waals surface area contributed by atoms with Gasteiger partial charge in [-0.25, -0.2) is 9.97 Å². The van der Waals surface area contributed by atoms with Crippen LogP contribution in [0.25, 0.3) is 0 Å². The molecule has 0 amide bonds. The van der Waals surface area contributed by atoms with Crippen LogP contribution in [-0.2, 0) is 6.42 Å². The van der Waals surface area contributed by atoms with Crippen LogP contribution >= 0.6 is 0 Å². The third kappa shape index (κ3) is 3.44. The molecule has 4 heteroatoms. The van der Waals surface area contributed by atoms with E-state index in [1.807, 2.05) is 26.1 Å². The van der Waals surface area contributed by atoms with Crippen LogP contribution in [-0.4, -0.2) is 17.0 Å². The van der Waals surface area contributed by atoms with Crippen molar-refractivity contribution in [3.8, 4) is 0 Å². The Morgan fingerprint density at radius 1 is 1.11 bits per heavy atom. The molecular weight excluding hydrogens is 236 g/mol. The zero-order valence-corrected chi connectivity index (χ0v) is 11.7. The van der Waals surface area contributed by atoms with Crippen molar-refractivity contribution >= 4 is 17.3 Å². The van der Waals surface area contributed by atoms with Gasteiger partial charge in [-0.2, -0.15) is 0 Å². The number of aromatic nitrogens is 2. The van der Waals surface area contributed by atoms with E-state index in [2.05, 4.69) is 45.7 Å². The molecule has 2 aromatic rings. The first-order chi connectivity index (χ1) is 9.22. The normalized spacial score (nSPS) is 10.3. The van der Waals surface area contributed by atoms with E-state index in [0.29, 0.717) is 0 Å². The van der Waals surface area contributed by atoms with Crippen LogP contribution in [0.2, 0.25) is 0 Å². The van der Waals surface area contributed by atoms with E-state index in [0.717, 1.165) is 36.0 Å². The largest absolute Gasteiger partial charge is 0.373 e. The number of para-hydroxylation sites is 1. The highest BCUT2D eigenvalue weighted by Crippen LogP contribution is 2.22. The maximum atomic E-state index is 4.42. The van der Waals surface area contributed by atoms with Crippen LogP contribution in [0, 0.1) is 6.92 Å². The van der Waals surface area contributed by atoms with E-state index < -0.39 is 0 Å². The molecule has 0 aliphatic heterocycles. The lowest BCUT2D eigenvalue weighted by Crippen LogP contribution is -2.02. The van der Waals surface area contributed by atoms with Gasteiger partial charge in [0.1, 0.15) is 17.5 Å². The standard InChI is InChI=1S/C15H20N4/c1-4-7-12-8-5-6-9-13(12)19-15-10-14(16-3)17-11(2)18-15/h5-6,8-10H,4,7H2,1-3H3,(H2,16,17,18,19). The van der Waals surface area contributed by atoms with E-state index in [1.54, 1.807) is 0 Å². The van der Waals surface area contributed by atoms with Gasteiger partial charge in [0.2, 0.25) is 0 Å². The van der Waals surface area contributed by atoms with Crippen molar-refractivity contribution in [3.05, 3.63) is 41.7 Å². The highest BCUT2D eigenvalue weighted by atomic mass is 15.1. The molecule has 0 aliphatic carbocycles. The summed E-state index contributed by atoms with van der Waals surface area (Å²) in [5.41, 5.74) is 2.43. The van der Waals surface area contributed by atoms with Crippen molar-refractivity contribution in [1.29, 1.82) is 0 Å². The smallest absolute Gasteiger partial charge is 0.136 e. The zero-order chi connectivity index (χ0) is 13.7. The molecule has 4 nitrogen and oxygen atoms in total. The molecule has 1 heterocycles. The fourth-order valence-corrected chi connectivity index (χ4v) is 2.03. The number of rotatable bonds is 5. The lowest BCUT2D eigenvalue weighted by Gasteiger charge is -2.12. The van der Waals surface area contributed by atoms with E-state index in [4.69, 9.17) is 0 Å². The second kappa shape index (κ2) is 6.18. The number of nitrogens with one attached hydrogen (secondary N) is 2. The van der Waals surface area contributed by atoms with Crippen molar-refractivity contribution in [2.75, 3.05) is 17.7 Å². The maximum Gasteiger partial charge on any atom is 0.136 e. The molecule has 0 fully saturated rings. The minimum atomic E-state index is 0.752. The van der Waals surface area contributed by atoms with Crippen molar-refractivity contribution in [2.24, 2.45) is 0 Å². The van der Waals surface area contributed by atoms with Crippen LogP contribution in [0.5, 0.6) is 0 Å². The van der Waals surface area contributed by atoms with Gasteiger partial charge in [-0.05, 0) is 25.0 Å². The SMILES string of the molecule is CCCc1ccccc1Nc1cc(NC)nc(C)n1. The molecule has 0 saturated carbocycles. The Bertz CT molecular complexity index is 552. The summed E-state index contributed by atoms with van der Waals surface area (Å²) in [6.45, 7) is 4.08. The summed E-state index contributed by atoms with van der Waals surface area (Å²) >= 11 is 0. The average molecular weight is 256 g/mol. The van der Waals surface area contributed by atoms with E-state index in [1.165, 1.54) is 5.56 Å². The van der Waals surface area contributed by atoms with Crippen LogP contribution < -0.4 is 10.6 Å². The van der Waals surface area contributed by atoms with Gasteiger partial charge in [0.25, 0.3) is 0 Å². The van der Waals surface area contributed by atoms with Crippen molar-refractivity contribution in [1.82, 2.24) is 9.97 Å². The second-order valence-electron chi connectivity index (χ2n) is 4.47. The maximum absolute atomic E-state index is 4.42. The van der Waals surface area contributed by atoms with E-state index in [-0.39, 0.29) is 0 Å². The molecule has 2 rings (SSSR count). The second-order valence-corrected chi connectivity index (χ2v) is 4.47. The van der Waals surface area contributed by atoms with Crippen LogP contribution in [0.1, 0.15) is 24.7 Å². The molecule has 19 heavy (non-hydrogen) atoms. The minimum absolute atomic E-state index is 0.752. The molecule has 0 aliphatic rings. The number of hydrogen-bond donors (Lipinski definition) is 2. The molecule has 0 unspecified atom stereocenters. The van der Waals surface area contributed by atoms with Crippen molar-refractivity contribution in [2.45, 2.75) is 26.7 Å². The number of aryl methyl sites for hydroxylation is 2. The first-order valence-electron chi connectivity index (χ1n) is 6.61. The molecule has 0 radical (unpaired) electrons. The number of benzene rings is 1. The molecule has 1 aromatic heterocycles. The van der Waals surface area contributed by atoms with Gasteiger partial charge in [0.05, 0.1) is 0 Å². The first kappa shape index (κ1) is 13.3. The van der Waals surface area contributed by atoms with E-state index >= 15 is 0 Å². The van der Waals surface area contributed by atoms with Crippen LogP contribution in [0.3, 0.4) is 0 Å². The molecule has 1 aromatic carbocycles. The van der Waals surface area contributed by atoms with Gasteiger partial charge in [-0.1, -0.05) is 31.5 Å². The zero-order valence-electron chi connectivity index (χ0n) is 11.7. The predicted molar refractivity (Wildman–Crippen MR) is 80.0 cm³/mol. The molecule has 2 N–H and O–H groups in total. The van der Waals surface area contributed by atoms with E-state index in [9.17, 15) is 0 Å². The summed E-state index contributed by atoms with van der Waals surface area (Å²) in [4.78, 5) is 8.71. The van der Waals surface area contributed by atoms with Gasteiger partial charge in [-0.15, -0.1) is 0 Å². The molecule has 0 spiro atoms. The van der Waals surface area contributed by atoms with Crippen LogP contribution in [0.4, 0.5) is 17.3 Å². The topological polar surface area (TPSA) is 49.8 Å². The molecule has 0 bridgehead atoms. The van der Waals surface area contributed by atoms with Gasteiger partial charge >= 0.3 is 0 Å². The predicted octanol–water partition coefficient (Wildman–Crippen LogP) is 3.52. The summed E-state index contributed by atoms with van der Waals surface area (Å²) in [6.07, 6.45) is 2.19. The summed E-state index contributed by atoms with van der Waals surface area (Å²) < 4.78 is 0. The van der Waals surface area contributed by atoms with Gasteiger partial charge in [-0.3, -0.25) is 0 Å². The van der Waals surface area contributed by atoms with Gasteiger partial charge in [0.15, 0.2) is 0 Å². The molecule has 100 valence electrons. The van der Waals surface area contributed by atoms with Gasteiger partial charge in [0, 0.05) is 18.8 Å². The Morgan fingerprint density at radius 2 is 1.84 bits per heavy atom. The quantitative estimate of drug-likeness (QED) is 0.859. The van der Waals surface area contributed by atoms with Crippen molar-refractivity contribution in [3.63, 3.8) is 0 Å². The fraction of sp³-hybridized carbons (Fsp3) is 0.333. The Morgan fingerprint density at radius 3 is 2.58 bits per heavy atom. The molecular formula is C15H20N4. The molecule has 0 atom stereocenters. The first-order valence-corrected chi connectivity index (χ1v) is 6.61. The Hall–Kier alpha value is -2.10. The molecule has 0 saturated heterocycles. The van der Waals surface area contributed by atoms with Crippen LogP contribution in [0.15, 0.2) is 30.3 Å². The fourth-order valence-electron chi connectivity index (χ4n) is 2.03. The Labute approximate surface area is 114 Å². The highest BCUT2D eigenvalue weighted by Gasteiger charge is 2.04. The highest BCUT2D eigenvalue weighted by molar-refractivity contribution is 5.62. The van der Waals surface area contributed by atoms with Gasteiger partial charge < -0.3 is 10.6 Å². The third-order valence-corrected chi connectivity index (χ3v) is 2.89. The number of hydrogen-bond acceptors (Lipinski definition) is 4. The lowest BCUT2D eigenvalue weighted by molar-refractivity contribution is 0.923. The van der Waals surface area contributed by atoms with Crippen molar-refractivity contribution < 1.29 is 0 Å². The Balaban J connectivity index is 2.28. The number of anilines is 3. The lowest BCUT2D eigenvalue weighted by atomic mass is 10.1. The summed E-state index contributed by atoms with van der Waals surface area (Å²) in [7, 11) is 1.86. The number of nitrogens with zero attached hydrogens (tertiary/aromatic N) is 2. The third-order valence-electron chi connectivity index (χ3n) is 2.89. The monoisotopic (exact) mass is 256 g/mol. The Kier molecular flexibility index (Phi) is 4.34. The summed E-state index contributed by atoms with van der Waals surface area (Å²) in [6, 6.07) is 10.3. The summed E-state index contributed by atoms with van der Waals surface area (Å²) in [5, 5.41) is 6.42. The summed E-state index contributed by atoms with van der Waals surface area (Å²) in [5.74, 6) is 2.39. The minimum Gasteiger partial charge on any atom is -0.373 e. The average Bonchev–Trinajstić information content (AvgIpc) is 2.40.